The number of nitrogens with zero attached hydrogens (tertiary/aromatic N) is 2. The van der Waals surface area contributed by atoms with E-state index in [4.69, 9.17) is 12.2 Å². The molecule has 0 aliphatic carbocycles. The van der Waals surface area contributed by atoms with Crippen molar-refractivity contribution in [3.8, 4) is 0 Å². The molecule has 0 unspecified atom stereocenters. The number of carbonyl (C=O) groups excluding carboxylic acids is 1. The second kappa shape index (κ2) is 9.02. The summed E-state index contributed by atoms with van der Waals surface area (Å²) in [4.78, 5) is 19.1. The van der Waals surface area contributed by atoms with E-state index < -0.39 is 0 Å². The van der Waals surface area contributed by atoms with E-state index in [1.54, 1.807) is 4.90 Å². The van der Waals surface area contributed by atoms with Crippen LogP contribution in [0.5, 0.6) is 0 Å². The fourth-order valence-electron chi connectivity index (χ4n) is 3.59. The number of carbonyl (C=O) groups is 1. The molecule has 2 aliphatic rings. The summed E-state index contributed by atoms with van der Waals surface area (Å²) in [5.74, 6) is 0.0610. The number of anilines is 1. The molecule has 0 bridgehead atoms. The van der Waals surface area contributed by atoms with E-state index in [1.165, 1.54) is 41.6 Å². The van der Waals surface area contributed by atoms with Gasteiger partial charge in [-0.15, -0.1) is 0 Å². The van der Waals surface area contributed by atoms with Crippen molar-refractivity contribution in [3.63, 3.8) is 0 Å². The SMILES string of the molecule is CCN(CC)c1ccc(/C=C2\SC(=S)N(C[NH+]3CCCCC3)C2=O)cc1. The van der Waals surface area contributed by atoms with Crippen molar-refractivity contribution < 1.29 is 9.69 Å². The molecule has 2 aliphatic heterocycles. The zero-order valence-electron chi connectivity index (χ0n) is 15.7. The fraction of sp³-hybridized carbons (Fsp3) is 0.500. The van der Waals surface area contributed by atoms with Gasteiger partial charge in [-0.1, -0.05) is 36.1 Å². The lowest BCUT2D eigenvalue weighted by Crippen LogP contribution is -3.14. The Hall–Kier alpha value is -1.37. The van der Waals surface area contributed by atoms with Gasteiger partial charge >= 0.3 is 0 Å². The highest BCUT2D eigenvalue weighted by Crippen LogP contribution is 2.32. The second-order valence-electron chi connectivity index (χ2n) is 6.84. The molecule has 6 heteroatoms. The normalized spacial score (nSPS) is 20.2. The maximum atomic E-state index is 12.8. The van der Waals surface area contributed by atoms with Crippen LogP contribution in [0.3, 0.4) is 0 Å². The van der Waals surface area contributed by atoms with Crippen LogP contribution in [0.2, 0.25) is 0 Å². The molecular formula is C20H28N3OS2+. The van der Waals surface area contributed by atoms with Gasteiger partial charge in [-0.05, 0) is 56.9 Å². The molecule has 1 amide bonds. The summed E-state index contributed by atoms with van der Waals surface area (Å²) >= 11 is 6.90. The summed E-state index contributed by atoms with van der Waals surface area (Å²) in [7, 11) is 0. The Morgan fingerprint density at radius 1 is 1.15 bits per heavy atom. The summed E-state index contributed by atoms with van der Waals surface area (Å²) in [6, 6.07) is 8.40. The van der Waals surface area contributed by atoms with Gasteiger partial charge in [0.2, 0.25) is 0 Å². The number of piperidine rings is 1. The number of thioether (sulfide) groups is 1. The van der Waals surface area contributed by atoms with Crippen LogP contribution in [0.1, 0.15) is 38.7 Å². The van der Waals surface area contributed by atoms with Gasteiger partial charge in [0.05, 0.1) is 18.0 Å². The number of rotatable bonds is 6. The van der Waals surface area contributed by atoms with E-state index in [0.29, 0.717) is 11.0 Å². The van der Waals surface area contributed by atoms with Crippen LogP contribution < -0.4 is 9.80 Å². The van der Waals surface area contributed by atoms with Gasteiger partial charge in [0.1, 0.15) is 0 Å². The minimum Gasteiger partial charge on any atom is -0.372 e. The van der Waals surface area contributed by atoms with Gasteiger partial charge in [0.25, 0.3) is 5.91 Å². The Bertz CT molecular complexity index is 677. The monoisotopic (exact) mass is 390 g/mol. The molecule has 140 valence electrons. The first-order chi connectivity index (χ1) is 12.6. The number of likely N-dealkylation sites (tertiary alicyclic amines) is 1. The quantitative estimate of drug-likeness (QED) is 0.597. The summed E-state index contributed by atoms with van der Waals surface area (Å²) in [5, 5.41) is 0. The van der Waals surface area contributed by atoms with E-state index in [2.05, 4.69) is 43.0 Å². The molecule has 1 aromatic rings. The van der Waals surface area contributed by atoms with Crippen molar-refractivity contribution >= 4 is 46.0 Å². The average Bonchev–Trinajstić information content (AvgIpc) is 2.92. The van der Waals surface area contributed by atoms with Gasteiger partial charge in [0.15, 0.2) is 11.0 Å². The highest BCUT2D eigenvalue weighted by molar-refractivity contribution is 8.26. The van der Waals surface area contributed by atoms with Crippen LogP contribution >= 0.6 is 24.0 Å². The van der Waals surface area contributed by atoms with Crippen LogP contribution in [0.25, 0.3) is 6.08 Å². The lowest BCUT2D eigenvalue weighted by atomic mass is 10.1. The van der Waals surface area contributed by atoms with Crippen molar-refractivity contribution in [2.24, 2.45) is 0 Å². The van der Waals surface area contributed by atoms with Crippen LogP contribution in [0.4, 0.5) is 5.69 Å². The molecule has 0 saturated carbocycles. The standard InChI is InChI=1S/C20H27N3OS2/c1-3-22(4-2)17-10-8-16(9-11-17)14-18-19(24)23(20(25)26-18)15-21-12-6-5-7-13-21/h8-11,14H,3-7,12-13,15H2,1-2H3/p+1/b18-14-. The van der Waals surface area contributed by atoms with Crippen LogP contribution in [-0.2, 0) is 4.79 Å². The molecule has 2 fully saturated rings. The predicted molar refractivity (Wildman–Crippen MR) is 114 cm³/mol. The molecule has 2 saturated heterocycles. The molecule has 3 rings (SSSR count). The van der Waals surface area contributed by atoms with E-state index in [0.717, 1.165) is 36.6 Å². The van der Waals surface area contributed by atoms with Crippen LogP contribution in [0.15, 0.2) is 29.2 Å². The third-order valence-corrected chi connectivity index (χ3v) is 6.51. The molecular weight excluding hydrogens is 362 g/mol. The average molecular weight is 391 g/mol. The van der Waals surface area contributed by atoms with Gasteiger partial charge in [-0.2, -0.15) is 0 Å². The van der Waals surface area contributed by atoms with Crippen molar-refractivity contribution in [3.05, 3.63) is 34.7 Å². The van der Waals surface area contributed by atoms with Crippen molar-refractivity contribution in [2.45, 2.75) is 33.1 Å². The fourth-order valence-corrected chi connectivity index (χ4v) is 4.85. The number of quaternary nitrogens is 1. The topological polar surface area (TPSA) is 28.0 Å². The minimum absolute atomic E-state index is 0.0610. The first-order valence-corrected chi connectivity index (χ1v) is 10.8. The zero-order chi connectivity index (χ0) is 18.5. The third kappa shape index (κ3) is 4.48. The number of thiocarbonyl (C=S) groups is 1. The number of hydrogen-bond donors (Lipinski definition) is 1. The predicted octanol–water partition coefficient (Wildman–Crippen LogP) is 2.76. The lowest BCUT2D eigenvalue weighted by molar-refractivity contribution is -0.911. The highest BCUT2D eigenvalue weighted by atomic mass is 32.2. The maximum Gasteiger partial charge on any atom is 0.270 e. The largest absolute Gasteiger partial charge is 0.372 e. The molecule has 4 nitrogen and oxygen atoms in total. The van der Waals surface area contributed by atoms with Crippen LogP contribution in [0, 0.1) is 0 Å². The second-order valence-corrected chi connectivity index (χ2v) is 8.52. The van der Waals surface area contributed by atoms with Gasteiger partial charge in [-0.25, -0.2) is 4.90 Å². The third-order valence-electron chi connectivity index (χ3n) is 5.14. The van der Waals surface area contributed by atoms with Gasteiger partial charge in [-0.3, -0.25) is 4.79 Å². The first-order valence-electron chi connectivity index (χ1n) is 9.56. The number of benzene rings is 1. The molecule has 0 spiro atoms. The summed E-state index contributed by atoms with van der Waals surface area (Å²) in [5.41, 5.74) is 2.26. The van der Waals surface area contributed by atoms with Crippen molar-refractivity contribution in [1.29, 1.82) is 0 Å². The molecule has 26 heavy (non-hydrogen) atoms. The Balaban J connectivity index is 1.69. The Kier molecular flexibility index (Phi) is 6.73. The summed E-state index contributed by atoms with van der Waals surface area (Å²) in [6.07, 6.45) is 5.78. The van der Waals surface area contributed by atoms with Crippen molar-refractivity contribution in [2.75, 3.05) is 37.7 Å². The van der Waals surface area contributed by atoms with E-state index >= 15 is 0 Å². The summed E-state index contributed by atoms with van der Waals surface area (Å²) < 4.78 is 0.694. The molecule has 0 aromatic heterocycles. The van der Waals surface area contributed by atoms with Gasteiger partial charge in [0, 0.05) is 18.8 Å². The molecule has 1 N–H and O–H groups in total. The minimum atomic E-state index is 0.0610. The van der Waals surface area contributed by atoms with Crippen molar-refractivity contribution in [1.82, 2.24) is 4.90 Å². The molecule has 2 heterocycles. The number of amides is 1. The number of nitrogens with one attached hydrogen (secondary N) is 1. The Labute approximate surface area is 166 Å². The number of hydrogen-bond acceptors (Lipinski definition) is 4. The van der Waals surface area contributed by atoms with E-state index in [1.807, 2.05) is 6.08 Å². The first kappa shape index (κ1) is 19.4. The van der Waals surface area contributed by atoms with E-state index in [9.17, 15) is 4.79 Å². The Morgan fingerprint density at radius 3 is 2.42 bits per heavy atom. The zero-order valence-corrected chi connectivity index (χ0v) is 17.3. The van der Waals surface area contributed by atoms with Gasteiger partial charge < -0.3 is 9.80 Å². The van der Waals surface area contributed by atoms with Crippen LogP contribution in [-0.4, -0.2) is 48.0 Å². The molecule has 0 radical (unpaired) electrons. The lowest BCUT2D eigenvalue weighted by Gasteiger charge is -2.27. The maximum absolute atomic E-state index is 12.8. The molecule has 0 atom stereocenters. The smallest absolute Gasteiger partial charge is 0.270 e. The summed E-state index contributed by atoms with van der Waals surface area (Å²) in [6.45, 7) is 9.30. The highest BCUT2D eigenvalue weighted by Gasteiger charge is 2.34. The molecule has 1 aromatic carbocycles. The Morgan fingerprint density at radius 2 is 1.81 bits per heavy atom. The van der Waals surface area contributed by atoms with E-state index in [-0.39, 0.29) is 5.91 Å².